The monoisotopic (exact) mass is 708 g/mol. The molecule has 0 bridgehead atoms. The molecule has 11 rings (SSSR count). The number of hydrogen-bond acceptors (Lipinski definition) is 1. The van der Waals surface area contributed by atoms with E-state index >= 15 is 0 Å². The molecule has 1 aliphatic heterocycles. The molecule has 0 fully saturated rings. The maximum absolute atomic E-state index is 7.04. The van der Waals surface area contributed by atoms with Crippen LogP contribution < -0.4 is 0 Å². The number of aliphatic imine (C=N–C) groups is 1. The van der Waals surface area contributed by atoms with E-state index in [1.54, 1.807) is 0 Å². The normalized spacial score (nSPS) is 12.7. The molecule has 1 aliphatic rings. The quantitative estimate of drug-likeness (QED) is 0.162. The van der Waals surface area contributed by atoms with Crippen LogP contribution in [0.25, 0.3) is 93.1 Å². The summed E-state index contributed by atoms with van der Waals surface area (Å²) in [5.74, 6) is 0. The summed E-state index contributed by atoms with van der Waals surface area (Å²) in [5.41, 5.74) is 11.6. The van der Waals surface area contributed by atoms with E-state index in [1.807, 2.05) is 6.21 Å². The van der Waals surface area contributed by atoms with Crippen LogP contribution in [0.5, 0.6) is 0 Å². The van der Waals surface area contributed by atoms with Crippen molar-refractivity contribution in [1.29, 1.82) is 0 Å². The summed E-state index contributed by atoms with van der Waals surface area (Å²) in [4.78, 5) is 4.86. The second kappa shape index (κ2) is 12.3. The van der Waals surface area contributed by atoms with E-state index in [-0.39, 0.29) is 0 Å². The van der Waals surface area contributed by atoms with Gasteiger partial charge in [-0.25, -0.2) is 0 Å². The predicted octanol–water partition coefficient (Wildman–Crippen LogP) is 14.5. The van der Waals surface area contributed by atoms with Gasteiger partial charge < -0.3 is 4.57 Å². The molecule has 0 unspecified atom stereocenters. The molecule has 0 amide bonds. The minimum absolute atomic E-state index is 0.707. The molecule has 0 radical (unpaired) electrons. The highest BCUT2D eigenvalue weighted by atomic mass is 35.5. The van der Waals surface area contributed by atoms with Gasteiger partial charge in [-0.3, -0.25) is 4.99 Å². The van der Waals surface area contributed by atoms with Crippen LogP contribution >= 0.6 is 11.6 Å². The number of hydrogen-bond donors (Lipinski definition) is 0. The molecule has 1 aromatic heterocycles. The molecular weight excluding hydrogens is 676 g/mol. The molecule has 0 N–H and O–H groups in total. The van der Waals surface area contributed by atoms with Gasteiger partial charge in [0.05, 0.1) is 11.2 Å². The fraction of sp³-hybridized carbons (Fsp3) is 0.0392. The van der Waals surface area contributed by atoms with Gasteiger partial charge in [0.25, 0.3) is 0 Å². The summed E-state index contributed by atoms with van der Waals surface area (Å²) in [7, 11) is 0. The van der Waals surface area contributed by atoms with Crippen LogP contribution in [0.15, 0.2) is 175 Å². The Morgan fingerprint density at radius 3 is 1.72 bits per heavy atom. The van der Waals surface area contributed by atoms with Crippen LogP contribution in [0.1, 0.15) is 12.1 Å². The molecule has 0 spiro atoms. The van der Waals surface area contributed by atoms with E-state index in [9.17, 15) is 0 Å². The highest BCUT2D eigenvalue weighted by Gasteiger charge is 2.21. The summed E-state index contributed by atoms with van der Waals surface area (Å²) >= 11 is 7.04. The number of fused-ring (bicyclic) bond motifs is 7. The third kappa shape index (κ3) is 4.91. The van der Waals surface area contributed by atoms with Gasteiger partial charge in [0.1, 0.15) is 0 Å². The first kappa shape index (κ1) is 31.1. The zero-order valence-corrected chi connectivity index (χ0v) is 30.2. The predicted molar refractivity (Wildman–Crippen MR) is 231 cm³/mol. The van der Waals surface area contributed by atoms with Crippen molar-refractivity contribution >= 4 is 77.5 Å². The van der Waals surface area contributed by atoms with Gasteiger partial charge in [-0.1, -0.05) is 139 Å². The van der Waals surface area contributed by atoms with Gasteiger partial charge in [0.15, 0.2) is 0 Å². The fourth-order valence-corrected chi connectivity index (χ4v) is 9.07. The van der Waals surface area contributed by atoms with Crippen LogP contribution in [-0.2, 0) is 6.42 Å². The van der Waals surface area contributed by atoms with Crippen LogP contribution in [0.4, 0.5) is 5.69 Å². The van der Waals surface area contributed by atoms with E-state index in [2.05, 4.69) is 174 Å². The van der Waals surface area contributed by atoms with Crippen molar-refractivity contribution in [3.63, 3.8) is 0 Å². The Hall–Kier alpha value is -6.48. The molecule has 9 aromatic carbocycles. The lowest BCUT2D eigenvalue weighted by molar-refractivity contribution is 0.913. The SMILES string of the molecule is Clc1cc(-c2ccc3c(-c4ccc5ccccc5c4)c4ccccc4c(-c4ccc5ccccc5c4)c3c2)cc(-n2c3c(c4ccccc42)N=CCC3)c1. The summed E-state index contributed by atoms with van der Waals surface area (Å²) in [6.45, 7) is 0. The van der Waals surface area contributed by atoms with Crippen LogP contribution in [0.2, 0.25) is 5.02 Å². The molecule has 3 heteroatoms. The topological polar surface area (TPSA) is 17.3 Å². The highest BCUT2D eigenvalue weighted by Crippen LogP contribution is 2.46. The summed E-state index contributed by atoms with van der Waals surface area (Å²) < 4.78 is 2.36. The number of rotatable bonds is 4. The highest BCUT2D eigenvalue weighted by molar-refractivity contribution is 6.31. The molecular formula is C51H33ClN2. The second-order valence-electron chi connectivity index (χ2n) is 14.4. The minimum atomic E-state index is 0.707. The second-order valence-corrected chi connectivity index (χ2v) is 14.8. The Morgan fingerprint density at radius 2 is 1.02 bits per heavy atom. The van der Waals surface area contributed by atoms with E-state index < -0.39 is 0 Å². The average molecular weight is 709 g/mol. The van der Waals surface area contributed by atoms with Gasteiger partial charge in [-0.15, -0.1) is 0 Å². The van der Waals surface area contributed by atoms with Gasteiger partial charge >= 0.3 is 0 Å². The van der Waals surface area contributed by atoms with E-state index in [1.165, 1.54) is 76.4 Å². The Kier molecular flexibility index (Phi) is 7.08. The molecule has 0 aliphatic carbocycles. The largest absolute Gasteiger partial charge is 0.311 e. The van der Waals surface area contributed by atoms with Crippen LogP contribution in [0, 0.1) is 0 Å². The van der Waals surface area contributed by atoms with Crippen molar-refractivity contribution < 1.29 is 0 Å². The third-order valence-electron chi connectivity index (χ3n) is 11.2. The fourth-order valence-electron chi connectivity index (χ4n) is 8.84. The van der Waals surface area contributed by atoms with E-state index in [0.29, 0.717) is 5.02 Å². The minimum Gasteiger partial charge on any atom is -0.311 e. The molecule has 0 atom stereocenters. The Balaban J connectivity index is 1.19. The maximum atomic E-state index is 7.04. The number of aromatic nitrogens is 1. The maximum Gasteiger partial charge on any atom is 0.0917 e. The van der Waals surface area contributed by atoms with Crippen molar-refractivity contribution in [2.75, 3.05) is 0 Å². The van der Waals surface area contributed by atoms with Crippen LogP contribution in [0.3, 0.4) is 0 Å². The zero-order valence-electron chi connectivity index (χ0n) is 29.4. The Morgan fingerprint density at radius 1 is 0.444 bits per heavy atom. The Labute approximate surface area is 318 Å². The number of halogens is 1. The summed E-state index contributed by atoms with van der Waals surface area (Å²) in [6.07, 6.45) is 3.90. The van der Waals surface area contributed by atoms with Crippen molar-refractivity contribution in [3.05, 3.63) is 181 Å². The number of nitrogens with zero attached hydrogens (tertiary/aromatic N) is 2. The lowest BCUT2D eigenvalue weighted by Gasteiger charge is -2.20. The Bertz CT molecular complexity index is 3180. The zero-order chi connectivity index (χ0) is 35.8. The van der Waals surface area contributed by atoms with Crippen LogP contribution in [-0.4, -0.2) is 10.8 Å². The standard InChI is InChI=1S/C51H33ClN2/c52-40-28-39(29-41(31-40)54-47-17-8-7-16-45(47)51-48(54)18-9-25-53-51)36-23-24-44-46(30-36)50(38-22-20-33-11-2-4-13-35(33)27-38)43-15-6-5-14-42(43)49(44)37-21-19-32-10-1-3-12-34(32)26-37/h1-8,10-17,19-31H,9,18H2. The van der Waals surface area contributed by atoms with Crippen molar-refractivity contribution in [3.8, 4) is 39.1 Å². The first-order chi connectivity index (χ1) is 26.7. The third-order valence-corrected chi connectivity index (χ3v) is 11.5. The lowest BCUT2D eigenvalue weighted by Crippen LogP contribution is -2.03. The number of benzene rings is 9. The molecule has 254 valence electrons. The molecule has 54 heavy (non-hydrogen) atoms. The summed E-state index contributed by atoms with van der Waals surface area (Å²) in [5, 5.41) is 11.7. The molecule has 2 nitrogen and oxygen atoms in total. The average Bonchev–Trinajstić information content (AvgIpc) is 3.56. The van der Waals surface area contributed by atoms with Gasteiger partial charge in [0, 0.05) is 28.0 Å². The van der Waals surface area contributed by atoms with Gasteiger partial charge in [0.2, 0.25) is 0 Å². The summed E-state index contributed by atoms with van der Waals surface area (Å²) in [6, 6.07) is 61.9. The molecule has 2 heterocycles. The van der Waals surface area contributed by atoms with E-state index in [4.69, 9.17) is 16.6 Å². The lowest BCUT2D eigenvalue weighted by atomic mass is 9.84. The van der Waals surface area contributed by atoms with E-state index in [0.717, 1.165) is 40.9 Å². The van der Waals surface area contributed by atoms with Crippen molar-refractivity contribution in [1.82, 2.24) is 4.57 Å². The molecule has 0 saturated heterocycles. The molecule has 10 aromatic rings. The smallest absolute Gasteiger partial charge is 0.0917 e. The van der Waals surface area contributed by atoms with Crippen molar-refractivity contribution in [2.24, 2.45) is 4.99 Å². The first-order valence-corrected chi connectivity index (χ1v) is 19.0. The van der Waals surface area contributed by atoms with Gasteiger partial charge in [-0.05, 0) is 132 Å². The molecule has 0 saturated carbocycles. The van der Waals surface area contributed by atoms with Gasteiger partial charge in [-0.2, -0.15) is 0 Å². The number of para-hydroxylation sites is 1. The first-order valence-electron chi connectivity index (χ1n) is 18.6. The van der Waals surface area contributed by atoms with Crippen molar-refractivity contribution in [2.45, 2.75) is 12.8 Å².